The third-order valence-electron chi connectivity index (χ3n) is 3.90. The van der Waals surface area contributed by atoms with Gasteiger partial charge in [0.15, 0.2) is 0 Å². The number of nitrogens with zero attached hydrogens (tertiary/aromatic N) is 1. The predicted octanol–water partition coefficient (Wildman–Crippen LogP) is 2.26. The average Bonchev–Trinajstić information content (AvgIpc) is 2.46. The van der Waals surface area contributed by atoms with Crippen molar-refractivity contribution in [2.75, 3.05) is 13.2 Å². The van der Waals surface area contributed by atoms with Crippen molar-refractivity contribution in [1.29, 1.82) is 0 Å². The first-order valence-corrected chi connectivity index (χ1v) is 6.98. The van der Waals surface area contributed by atoms with Gasteiger partial charge in [0.25, 0.3) is 0 Å². The number of para-hydroxylation sites is 1. The molecule has 2 rings (SSSR count). The van der Waals surface area contributed by atoms with Crippen molar-refractivity contribution < 1.29 is 9.94 Å². The number of benzene rings is 1. The van der Waals surface area contributed by atoms with Gasteiger partial charge in [0.2, 0.25) is 0 Å². The molecule has 5 nitrogen and oxygen atoms in total. The Bertz CT molecular complexity index is 486. The third-order valence-corrected chi connectivity index (χ3v) is 3.90. The van der Waals surface area contributed by atoms with Crippen LogP contribution in [-0.2, 0) is 0 Å². The first-order chi connectivity index (χ1) is 9.54. The van der Waals surface area contributed by atoms with Crippen LogP contribution in [0, 0.1) is 5.41 Å². The monoisotopic (exact) mass is 277 g/mol. The summed E-state index contributed by atoms with van der Waals surface area (Å²) >= 11 is 0. The van der Waals surface area contributed by atoms with Crippen LogP contribution in [0.2, 0.25) is 0 Å². The largest absolute Gasteiger partial charge is 0.493 e. The molecular weight excluding hydrogens is 254 g/mol. The van der Waals surface area contributed by atoms with Crippen LogP contribution in [-0.4, -0.2) is 24.2 Å². The lowest BCUT2D eigenvalue weighted by Crippen LogP contribution is -2.36. The molecule has 1 aliphatic heterocycles. The number of hydrogen-bond acceptors (Lipinski definition) is 4. The van der Waals surface area contributed by atoms with Crippen molar-refractivity contribution >= 4 is 5.84 Å². The standard InChI is InChI=1S/C15H23N3O2/c1-15(2,14(16)18-19)8-9-17-12-7-10-20-13-6-4-3-5-11(12)13/h3-6,12,17,19H,7-10H2,1-2H3,(H2,16,18). The van der Waals surface area contributed by atoms with E-state index in [1.54, 1.807) is 0 Å². The Balaban J connectivity index is 1.93. The lowest BCUT2D eigenvalue weighted by atomic mass is 9.88. The van der Waals surface area contributed by atoms with E-state index in [1.165, 1.54) is 5.56 Å². The number of ether oxygens (including phenoxy) is 1. The molecule has 0 radical (unpaired) electrons. The Morgan fingerprint density at radius 2 is 2.25 bits per heavy atom. The fourth-order valence-electron chi connectivity index (χ4n) is 2.38. The highest BCUT2D eigenvalue weighted by Crippen LogP contribution is 2.31. The summed E-state index contributed by atoms with van der Waals surface area (Å²) < 4.78 is 5.64. The van der Waals surface area contributed by atoms with Gasteiger partial charge in [-0.1, -0.05) is 37.2 Å². The number of nitrogens with one attached hydrogen (secondary N) is 1. The van der Waals surface area contributed by atoms with Gasteiger partial charge >= 0.3 is 0 Å². The van der Waals surface area contributed by atoms with Gasteiger partial charge < -0.3 is 21.0 Å². The van der Waals surface area contributed by atoms with Gasteiger partial charge in [-0.3, -0.25) is 0 Å². The van der Waals surface area contributed by atoms with Crippen LogP contribution in [0.3, 0.4) is 0 Å². The van der Waals surface area contributed by atoms with Crippen molar-refractivity contribution in [3.05, 3.63) is 29.8 Å². The molecule has 1 heterocycles. The van der Waals surface area contributed by atoms with E-state index in [2.05, 4.69) is 16.5 Å². The Hall–Kier alpha value is -1.75. The second-order valence-electron chi connectivity index (χ2n) is 5.80. The molecule has 0 saturated carbocycles. The van der Waals surface area contributed by atoms with Crippen molar-refractivity contribution in [1.82, 2.24) is 5.32 Å². The second kappa shape index (κ2) is 6.13. The number of nitrogens with two attached hydrogens (primary N) is 1. The summed E-state index contributed by atoms with van der Waals surface area (Å²) in [5.74, 6) is 1.23. The Morgan fingerprint density at radius 1 is 1.50 bits per heavy atom. The summed E-state index contributed by atoms with van der Waals surface area (Å²) in [6.45, 7) is 5.49. The van der Waals surface area contributed by atoms with Crippen LogP contribution in [0.1, 0.15) is 38.3 Å². The van der Waals surface area contributed by atoms with E-state index < -0.39 is 0 Å². The summed E-state index contributed by atoms with van der Waals surface area (Å²) in [6.07, 6.45) is 1.77. The zero-order valence-electron chi connectivity index (χ0n) is 12.1. The van der Waals surface area contributed by atoms with E-state index in [4.69, 9.17) is 15.7 Å². The van der Waals surface area contributed by atoms with Crippen LogP contribution in [0.15, 0.2) is 29.4 Å². The quantitative estimate of drug-likeness (QED) is 0.334. The molecule has 1 aromatic rings. The molecule has 0 spiro atoms. The van der Waals surface area contributed by atoms with Gasteiger partial charge in [-0.05, 0) is 19.0 Å². The van der Waals surface area contributed by atoms with Crippen molar-refractivity contribution in [3.63, 3.8) is 0 Å². The van der Waals surface area contributed by atoms with E-state index in [-0.39, 0.29) is 11.3 Å². The minimum absolute atomic E-state index is 0.270. The van der Waals surface area contributed by atoms with Crippen molar-refractivity contribution in [3.8, 4) is 5.75 Å². The Kier molecular flexibility index (Phi) is 4.49. The van der Waals surface area contributed by atoms with Crippen LogP contribution in [0.5, 0.6) is 5.75 Å². The van der Waals surface area contributed by atoms with Gasteiger partial charge in [0.05, 0.1) is 6.61 Å². The first-order valence-electron chi connectivity index (χ1n) is 6.98. The summed E-state index contributed by atoms with van der Waals surface area (Å²) in [7, 11) is 0. The number of amidine groups is 1. The van der Waals surface area contributed by atoms with Gasteiger partial charge in [-0.25, -0.2) is 0 Å². The van der Waals surface area contributed by atoms with Crippen molar-refractivity contribution in [2.24, 2.45) is 16.3 Å². The minimum atomic E-state index is -0.313. The summed E-state index contributed by atoms with van der Waals surface area (Å²) in [4.78, 5) is 0. The lowest BCUT2D eigenvalue weighted by Gasteiger charge is -2.29. The highest BCUT2D eigenvalue weighted by molar-refractivity contribution is 5.85. The zero-order chi connectivity index (χ0) is 14.6. The SMILES string of the molecule is CC(C)(CCNC1CCOc2ccccc21)C(N)=NO. The molecule has 110 valence electrons. The molecule has 0 amide bonds. The number of hydrogen-bond donors (Lipinski definition) is 3. The van der Waals surface area contributed by atoms with Gasteiger partial charge in [-0.2, -0.15) is 0 Å². The molecule has 0 bridgehead atoms. The highest BCUT2D eigenvalue weighted by atomic mass is 16.5. The van der Waals surface area contributed by atoms with Crippen molar-refractivity contribution in [2.45, 2.75) is 32.7 Å². The number of fused-ring (bicyclic) bond motifs is 1. The molecule has 1 aliphatic rings. The zero-order valence-corrected chi connectivity index (χ0v) is 12.1. The summed E-state index contributed by atoms with van der Waals surface area (Å²) in [5, 5.41) is 15.4. The molecule has 0 fully saturated rings. The fourth-order valence-corrected chi connectivity index (χ4v) is 2.38. The maximum absolute atomic E-state index is 8.77. The van der Waals surface area contributed by atoms with Gasteiger partial charge in [0.1, 0.15) is 11.6 Å². The van der Waals surface area contributed by atoms with Gasteiger partial charge in [-0.15, -0.1) is 0 Å². The fraction of sp³-hybridized carbons (Fsp3) is 0.533. The smallest absolute Gasteiger partial charge is 0.144 e. The van der Waals surface area contributed by atoms with E-state index in [0.29, 0.717) is 6.04 Å². The van der Waals surface area contributed by atoms with E-state index >= 15 is 0 Å². The molecule has 4 N–H and O–H groups in total. The molecule has 20 heavy (non-hydrogen) atoms. The minimum Gasteiger partial charge on any atom is -0.493 e. The molecule has 0 aromatic heterocycles. The summed E-state index contributed by atoms with van der Waals surface area (Å²) in [5.41, 5.74) is 6.59. The van der Waals surface area contributed by atoms with Crippen LogP contribution in [0.4, 0.5) is 0 Å². The third kappa shape index (κ3) is 3.22. The van der Waals surface area contributed by atoms with E-state index in [0.717, 1.165) is 31.7 Å². The Morgan fingerprint density at radius 3 is 3.00 bits per heavy atom. The van der Waals surface area contributed by atoms with E-state index in [9.17, 15) is 0 Å². The molecule has 0 saturated heterocycles. The first kappa shape index (κ1) is 14.7. The molecule has 0 aliphatic carbocycles. The normalized spacial score (nSPS) is 19.3. The van der Waals surface area contributed by atoms with E-state index in [1.807, 2.05) is 32.0 Å². The highest BCUT2D eigenvalue weighted by Gasteiger charge is 2.25. The Labute approximate surface area is 119 Å². The van der Waals surface area contributed by atoms with Crippen LogP contribution in [0.25, 0.3) is 0 Å². The topological polar surface area (TPSA) is 79.9 Å². The predicted molar refractivity (Wildman–Crippen MR) is 79.1 cm³/mol. The molecule has 1 atom stereocenters. The number of oxime groups is 1. The number of rotatable bonds is 5. The molecular formula is C15H23N3O2. The maximum Gasteiger partial charge on any atom is 0.144 e. The average molecular weight is 277 g/mol. The summed E-state index contributed by atoms with van der Waals surface area (Å²) in [6, 6.07) is 8.43. The van der Waals surface area contributed by atoms with Crippen LogP contribution >= 0.6 is 0 Å². The lowest BCUT2D eigenvalue weighted by molar-refractivity contribution is 0.249. The van der Waals surface area contributed by atoms with Gasteiger partial charge in [0, 0.05) is 23.4 Å². The maximum atomic E-state index is 8.77. The molecule has 5 heteroatoms. The van der Waals surface area contributed by atoms with Crippen LogP contribution < -0.4 is 15.8 Å². The molecule has 1 unspecified atom stereocenters. The second-order valence-corrected chi connectivity index (χ2v) is 5.80. The molecule has 1 aromatic carbocycles.